The normalized spacial score (nSPS) is 21.7. The van der Waals surface area contributed by atoms with Crippen LogP contribution in [0.3, 0.4) is 0 Å². The molecule has 2 atom stereocenters. The molecular formula is C22H25FN2O4. The second kappa shape index (κ2) is 8.37. The van der Waals surface area contributed by atoms with Crippen molar-refractivity contribution in [1.29, 1.82) is 0 Å². The maximum absolute atomic E-state index is 13.1. The Morgan fingerprint density at radius 1 is 1.10 bits per heavy atom. The Morgan fingerprint density at radius 2 is 1.90 bits per heavy atom. The number of amides is 2. The van der Waals surface area contributed by atoms with E-state index in [-0.39, 0.29) is 29.6 Å². The molecule has 0 N–H and O–H groups in total. The Balaban J connectivity index is 1.44. The van der Waals surface area contributed by atoms with Gasteiger partial charge in [-0.05, 0) is 61.6 Å². The lowest BCUT2D eigenvalue weighted by Gasteiger charge is -2.47. The van der Waals surface area contributed by atoms with E-state index in [0.29, 0.717) is 43.3 Å². The molecule has 0 radical (unpaired) electrons. The molecule has 0 saturated carbocycles. The average Bonchev–Trinajstić information content (AvgIpc) is 3.21. The largest absolute Gasteiger partial charge is 0.453 e. The number of fused-ring (bicyclic) bond motifs is 1. The van der Waals surface area contributed by atoms with E-state index in [2.05, 4.69) is 0 Å². The first kappa shape index (κ1) is 19.6. The smallest absolute Gasteiger partial charge is 0.289 e. The lowest BCUT2D eigenvalue weighted by molar-refractivity contribution is 0.0177. The van der Waals surface area contributed by atoms with Crippen LogP contribution in [0.2, 0.25) is 0 Å². The van der Waals surface area contributed by atoms with Crippen LogP contribution in [0.5, 0.6) is 0 Å². The van der Waals surface area contributed by atoms with Crippen LogP contribution in [0.1, 0.15) is 45.9 Å². The van der Waals surface area contributed by atoms with Crippen LogP contribution in [0.15, 0.2) is 40.8 Å². The third kappa shape index (κ3) is 4.05. The average molecular weight is 400 g/mol. The predicted octanol–water partition coefficient (Wildman–Crippen LogP) is 3.33. The molecule has 0 bridgehead atoms. The van der Waals surface area contributed by atoms with Gasteiger partial charge in [-0.25, -0.2) is 4.39 Å². The van der Waals surface area contributed by atoms with Gasteiger partial charge in [-0.1, -0.05) is 0 Å². The fourth-order valence-electron chi connectivity index (χ4n) is 4.47. The standard InChI is InChI=1S/C22H25FN2O4/c1-28-14-18-8-9-20(29-18)22(27)25-11-2-3-16-13-24(12-10-19(16)25)21(26)15-4-6-17(23)7-5-15/h4-9,16,19H,2-3,10-14H2,1H3/t16-,19+/m1/s1. The minimum absolute atomic E-state index is 0.0813. The first-order valence-electron chi connectivity index (χ1n) is 10.0. The van der Waals surface area contributed by atoms with Gasteiger partial charge in [0.05, 0.1) is 0 Å². The number of likely N-dealkylation sites (tertiary alicyclic amines) is 2. The monoisotopic (exact) mass is 400 g/mol. The van der Waals surface area contributed by atoms with Gasteiger partial charge >= 0.3 is 0 Å². The number of hydrogen-bond acceptors (Lipinski definition) is 4. The van der Waals surface area contributed by atoms with Crippen molar-refractivity contribution in [3.05, 3.63) is 59.3 Å². The molecule has 2 aromatic rings. The second-order valence-corrected chi connectivity index (χ2v) is 7.71. The van der Waals surface area contributed by atoms with Crippen LogP contribution in [0.4, 0.5) is 4.39 Å². The number of carbonyl (C=O) groups is 2. The number of rotatable bonds is 4. The molecule has 0 aliphatic carbocycles. The Labute approximate surface area is 169 Å². The van der Waals surface area contributed by atoms with Crippen molar-refractivity contribution in [2.45, 2.75) is 31.9 Å². The van der Waals surface area contributed by atoms with Crippen LogP contribution >= 0.6 is 0 Å². The summed E-state index contributed by atoms with van der Waals surface area (Å²) in [6, 6.07) is 9.23. The van der Waals surface area contributed by atoms with Crippen molar-refractivity contribution in [3.63, 3.8) is 0 Å². The third-order valence-electron chi connectivity index (χ3n) is 5.87. The molecule has 2 aliphatic rings. The summed E-state index contributed by atoms with van der Waals surface area (Å²) in [7, 11) is 1.58. The number of hydrogen-bond donors (Lipinski definition) is 0. The van der Waals surface area contributed by atoms with Gasteiger partial charge in [0.2, 0.25) is 0 Å². The number of methoxy groups -OCH3 is 1. The molecule has 3 heterocycles. The van der Waals surface area contributed by atoms with Gasteiger partial charge in [0.15, 0.2) is 5.76 Å². The highest BCUT2D eigenvalue weighted by atomic mass is 19.1. The van der Waals surface area contributed by atoms with E-state index in [1.54, 1.807) is 19.2 Å². The van der Waals surface area contributed by atoms with E-state index >= 15 is 0 Å². The van der Waals surface area contributed by atoms with Crippen molar-refractivity contribution in [2.24, 2.45) is 5.92 Å². The molecule has 7 heteroatoms. The van der Waals surface area contributed by atoms with Crippen molar-refractivity contribution >= 4 is 11.8 Å². The van der Waals surface area contributed by atoms with E-state index in [0.717, 1.165) is 19.3 Å². The molecule has 0 spiro atoms. The topological polar surface area (TPSA) is 63.0 Å². The van der Waals surface area contributed by atoms with E-state index in [1.165, 1.54) is 24.3 Å². The summed E-state index contributed by atoms with van der Waals surface area (Å²) in [5, 5.41) is 0. The van der Waals surface area contributed by atoms with Crippen LogP contribution < -0.4 is 0 Å². The van der Waals surface area contributed by atoms with Crippen molar-refractivity contribution < 1.29 is 23.1 Å². The molecule has 2 amide bonds. The van der Waals surface area contributed by atoms with Crippen molar-refractivity contribution in [3.8, 4) is 0 Å². The highest BCUT2D eigenvalue weighted by molar-refractivity contribution is 5.94. The van der Waals surface area contributed by atoms with Crippen LogP contribution in [-0.4, -0.2) is 54.4 Å². The van der Waals surface area contributed by atoms with Gasteiger partial charge in [-0.3, -0.25) is 9.59 Å². The maximum Gasteiger partial charge on any atom is 0.289 e. The van der Waals surface area contributed by atoms with E-state index in [1.807, 2.05) is 9.80 Å². The lowest BCUT2D eigenvalue weighted by atomic mass is 9.83. The van der Waals surface area contributed by atoms with Crippen LogP contribution in [-0.2, 0) is 11.3 Å². The van der Waals surface area contributed by atoms with Crippen LogP contribution in [0, 0.1) is 11.7 Å². The Morgan fingerprint density at radius 3 is 2.66 bits per heavy atom. The zero-order chi connectivity index (χ0) is 20.4. The lowest BCUT2D eigenvalue weighted by Crippen LogP contribution is -2.56. The number of ether oxygens (including phenoxy) is 1. The number of nitrogens with zero attached hydrogens (tertiary/aromatic N) is 2. The molecule has 6 nitrogen and oxygen atoms in total. The fraction of sp³-hybridized carbons (Fsp3) is 0.455. The summed E-state index contributed by atoms with van der Waals surface area (Å²) in [6.45, 7) is 2.22. The SMILES string of the molecule is COCc1ccc(C(=O)N2CCC[C@@H]3CN(C(=O)c4ccc(F)cc4)CC[C@@H]32)o1. The zero-order valence-corrected chi connectivity index (χ0v) is 16.5. The molecule has 154 valence electrons. The maximum atomic E-state index is 13.1. The summed E-state index contributed by atoms with van der Waals surface area (Å²) in [6.07, 6.45) is 2.61. The van der Waals surface area contributed by atoms with Gasteiger partial charge in [0.1, 0.15) is 18.2 Å². The zero-order valence-electron chi connectivity index (χ0n) is 16.5. The predicted molar refractivity (Wildman–Crippen MR) is 104 cm³/mol. The number of carbonyl (C=O) groups excluding carboxylic acids is 2. The Hall–Kier alpha value is -2.67. The summed E-state index contributed by atoms with van der Waals surface area (Å²) < 4.78 is 23.8. The molecule has 2 aliphatic heterocycles. The third-order valence-corrected chi connectivity index (χ3v) is 5.87. The molecule has 0 unspecified atom stereocenters. The minimum Gasteiger partial charge on any atom is -0.453 e. The van der Waals surface area contributed by atoms with Crippen LogP contribution in [0.25, 0.3) is 0 Å². The van der Waals surface area contributed by atoms with Gasteiger partial charge in [-0.15, -0.1) is 0 Å². The molecule has 1 aromatic heterocycles. The van der Waals surface area contributed by atoms with Gasteiger partial charge in [-0.2, -0.15) is 0 Å². The molecular weight excluding hydrogens is 375 g/mol. The quantitative estimate of drug-likeness (QED) is 0.790. The summed E-state index contributed by atoms with van der Waals surface area (Å²) >= 11 is 0. The second-order valence-electron chi connectivity index (χ2n) is 7.71. The number of piperidine rings is 2. The molecule has 4 rings (SSSR count). The van der Waals surface area contributed by atoms with Gasteiger partial charge < -0.3 is 19.0 Å². The number of furan rings is 1. The van der Waals surface area contributed by atoms with Gasteiger partial charge in [0.25, 0.3) is 11.8 Å². The molecule has 2 saturated heterocycles. The van der Waals surface area contributed by atoms with E-state index in [9.17, 15) is 14.0 Å². The van der Waals surface area contributed by atoms with Crippen molar-refractivity contribution in [1.82, 2.24) is 9.80 Å². The Kier molecular flexibility index (Phi) is 5.67. The van der Waals surface area contributed by atoms with E-state index in [4.69, 9.17) is 9.15 Å². The first-order chi connectivity index (χ1) is 14.1. The van der Waals surface area contributed by atoms with Gasteiger partial charge in [0, 0.05) is 38.3 Å². The number of benzene rings is 1. The minimum atomic E-state index is -0.353. The highest BCUT2D eigenvalue weighted by Gasteiger charge is 2.40. The highest BCUT2D eigenvalue weighted by Crippen LogP contribution is 2.32. The summed E-state index contributed by atoms with van der Waals surface area (Å²) in [4.78, 5) is 29.5. The first-order valence-corrected chi connectivity index (χ1v) is 10.0. The summed E-state index contributed by atoms with van der Waals surface area (Å²) in [5.41, 5.74) is 0.495. The fourth-order valence-corrected chi connectivity index (χ4v) is 4.47. The molecule has 29 heavy (non-hydrogen) atoms. The Bertz CT molecular complexity index is 879. The molecule has 2 fully saturated rings. The van der Waals surface area contributed by atoms with Crippen molar-refractivity contribution in [2.75, 3.05) is 26.7 Å². The van der Waals surface area contributed by atoms with E-state index < -0.39 is 0 Å². The number of halogens is 1. The molecule has 1 aromatic carbocycles. The summed E-state index contributed by atoms with van der Waals surface area (Å²) in [5.74, 6) is 0.668.